The Morgan fingerprint density at radius 1 is 1.11 bits per heavy atom. The quantitative estimate of drug-likeness (QED) is 0.285. The molecule has 0 amide bonds. The third-order valence-electron chi connectivity index (χ3n) is 7.18. The molecule has 0 saturated heterocycles. The standard InChI is InChI=1S/C28H40ClNO4S/c1-7-10-23-19(4)21(12-11-20(8-2)17-27(31)32)13-16-26(23)30-35(33,34)22-14-15-24(25(29)18-22)28(5,6)9-3/h13-16,18,20,30H,7-12,17H2,1-6H3,(H,31,32)/t20-/m0/s1. The number of carbonyl (C=O) groups is 1. The van der Waals surface area contributed by atoms with Gasteiger partial charge in [0.05, 0.1) is 10.6 Å². The van der Waals surface area contributed by atoms with Crippen LogP contribution < -0.4 is 4.72 Å². The summed E-state index contributed by atoms with van der Waals surface area (Å²) < 4.78 is 29.3. The normalized spacial score (nSPS) is 13.0. The Morgan fingerprint density at radius 3 is 2.34 bits per heavy atom. The van der Waals surface area contributed by atoms with Crippen molar-refractivity contribution in [2.75, 3.05) is 4.72 Å². The highest BCUT2D eigenvalue weighted by Gasteiger charge is 2.24. The highest BCUT2D eigenvalue weighted by atomic mass is 35.5. The smallest absolute Gasteiger partial charge is 0.303 e. The van der Waals surface area contributed by atoms with E-state index in [1.54, 1.807) is 6.07 Å². The van der Waals surface area contributed by atoms with Crippen molar-refractivity contribution in [1.82, 2.24) is 0 Å². The highest BCUT2D eigenvalue weighted by Crippen LogP contribution is 2.35. The van der Waals surface area contributed by atoms with Gasteiger partial charge in [-0.05, 0) is 84.4 Å². The molecule has 0 spiro atoms. The van der Waals surface area contributed by atoms with Gasteiger partial charge in [-0.2, -0.15) is 0 Å². The van der Waals surface area contributed by atoms with Gasteiger partial charge in [0.1, 0.15) is 0 Å². The summed E-state index contributed by atoms with van der Waals surface area (Å²) in [4.78, 5) is 11.3. The first-order chi connectivity index (χ1) is 16.4. The van der Waals surface area contributed by atoms with Gasteiger partial charge in [-0.1, -0.05) is 71.2 Å². The van der Waals surface area contributed by atoms with Crippen LogP contribution in [0.5, 0.6) is 0 Å². The summed E-state index contributed by atoms with van der Waals surface area (Å²) in [5.41, 5.74) is 4.55. The second-order valence-electron chi connectivity index (χ2n) is 10.0. The van der Waals surface area contributed by atoms with Crippen molar-refractivity contribution in [3.63, 3.8) is 0 Å². The van der Waals surface area contributed by atoms with Crippen LogP contribution in [0.3, 0.4) is 0 Å². The van der Waals surface area contributed by atoms with Crippen LogP contribution in [-0.2, 0) is 33.1 Å². The van der Waals surface area contributed by atoms with E-state index in [4.69, 9.17) is 16.7 Å². The molecule has 2 aromatic rings. The average Bonchev–Trinajstić information content (AvgIpc) is 2.79. The number of carboxylic acids is 1. The number of sulfonamides is 1. The fourth-order valence-electron chi connectivity index (χ4n) is 4.41. The molecule has 0 fully saturated rings. The monoisotopic (exact) mass is 521 g/mol. The molecule has 0 unspecified atom stereocenters. The summed E-state index contributed by atoms with van der Waals surface area (Å²) in [6, 6.07) is 8.75. The van der Waals surface area contributed by atoms with E-state index in [0.717, 1.165) is 60.8 Å². The minimum absolute atomic E-state index is 0.130. The van der Waals surface area contributed by atoms with E-state index < -0.39 is 16.0 Å². The number of hydrogen-bond donors (Lipinski definition) is 2. The maximum Gasteiger partial charge on any atom is 0.303 e. The largest absolute Gasteiger partial charge is 0.481 e. The van der Waals surface area contributed by atoms with Crippen LogP contribution in [0.4, 0.5) is 5.69 Å². The van der Waals surface area contributed by atoms with E-state index >= 15 is 0 Å². The molecule has 7 heteroatoms. The second kappa shape index (κ2) is 12.3. The fraction of sp³-hybridized carbons (Fsp3) is 0.536. The number of halogens is 1. The first-order valence-electron chi connectivity index (χ1n) is 12.5. The SMILES string of the molecule is CCCc1c(NS(=O)(=O)c2ccc(C(C)(C)CC)c(Cl)c2)ccc(CC[C@H](CC)CC(=O)O)c1C. The van der Waals surface area contributed by atoms with Gasteiger partial charge in [0.15, 0.2) is 0 Å². The Hall–Kier alpha value is -2.05. The predicted molar refractivity (Wildman–Crippen MR) is 145 cm³/mol. The van der Waals surface area contributed by atoms with Gasteiger partial charge in [-0.15, -0.1) is 0 Å². The molecule has 2 aromatic carbocycles. The van der Waals surface area contributed by atoms with E-state index in [1.807, 2.05) is 32.0 Å². The molecule has 1 atom stereocenters. The van der Waals surface area contributed by atoms with Crippen molar-refractivity contribution in [2.24, 2.45) is 5.92 Å². The third kappa shape index (κ3) is 7.47. The predicted octanol–water partition coefficient (Wildman–Crippen LogP) is 7.52. The van der Waals surface area contributed by atoms with Crippen molar-refractivity contribution in [3.05, 3.63) is 57.6 Å². The summed E-state index contributed by atoms with van der Waals surface area (Å²) in [6.45, 7) is 12.4. The Balaban J connectivity index is 2.34. The molecule has 0 bridgehead atoms. The molecular weight excluding hydrogens is 482 g/mol. The summed E-state index contributed by atoms with van der Waals surface area (Å²) in [5, 5.41) is 9.58. The molecule has 194 valence electrons. The van der Waals surface area contributed by atoms with E-state index in [1.165, 1.54) is 6.07 Å². The minimum Gasteiger partial charge on any atom is -0.481 e. The van der Waals surface area contributed by atoms with Gasteiger partial charge in [0, 0.05) is 11.4 Å². The maximum atomic E-state index is 13.3. The first-order valence-corrected chi connectivity index (χ1v) is 14.4. The van der Waals surface area contributed by atoms with Crippen LogP contribution in [0.2, 0.25) is 5.02 Å². The Bertz CT molecular complexity index is 1140. The zero-order valence-electron chi connectivity index (χ0n) is 21.9. The van der Waals surface area contributed by atoms with Crippen molar-refractivity contribution in [1.29, 1.82) is 0 Å². The molecule has 0 radical (unpaired) electrons. The van der Waals surface area contributed by atoms with E-state index in [9.17, 15) is 13.2 Å². The molecule has 0 aromatic heterocycles. The van der Waals surface area contributed by atoms with Gasteiger partial charge in [0.25, 0.3) is 10.0 Å². The van der Waals surface area contributed by atoms with Crippen molar-refractivity contribution < 1.29 is 18.3 Å². The molecule has 0 saturated carbocycles. The summed E-state index contributed by atoms with van der Waals surface area (Å²) in [5.74, 6) is -0.637. The lowest BCUT2D eigenvalue weighted by atomic mass is 9.82. The van der Waals surface area contributed by atoms with Crippen LogP contribution in [-0.4, -0.2) is 19.5 Å². The van der Waals surface area contributed by atoms with Gasteiger partial charge >= 0.3 is 5.97 Å². The number of rotatable bonds is 13. The fourth-order valence-corrected chi connectivity index (χ4v) is 6.03. The lowest BCUT2D eigenvalue weighted by Crippen LogP contribution is -2.18. The molecule has 0 aliphatic heterocycles. The molecule has 0 heterocycles. The van der Waals surface area contributed by atoms with Crippen LogP contribution in [0, 0.1) is 12.8 Å². The summed E-state index contributed by atoms with van der Waals surface area (Å²) in [7, 11) is -3.82. The number of aliphatic carboxylic acids is 1. The lowest BCUT2D eigenvalue weighted by Gasteiger charge is -2.25. The van der Waals surface area contributed by atoms with Gasteiger partial charge in [-0.25, -0.2) is 8.42 Å². The first kappa shape index (κ1) is 29.2. The third-order valence-corrected chi connectivity index (χ3v) is 8.86. The molecule has 35 heavy (non-hydrogen) atoms. The molecule has 5 nitrogen and oxygen atoms in total. The Labute approximate surface area is 216 Å². The van der Waals surface area contributed by atoms with Crippen LogP contribution in [0.25, 0.3) is 0 Å². The average molecular weight is 522 g/mol. The number of anilines is 1. The Kier molecular flexibility index (Phi) is 10.2. The summed E-state index contributed by atoms with van der Waals surface area (Å²) >= 11 is 6.50. The number of nitrogens with one attached hydrogen (secondary N) is 1. The number of hydrogen-bond acceptors (Lipinski definition) is 3. The minimum atomic E-state index is -3.82. The van der Waals surface area contributed by atoms with Crippen LogP contribution in [0.1, 0.15) is 89.0 Å². The van der Waals surface area contributed by atoms with Crippen molar-refractivity contribution >= 4 is 33.3 Å². The number of carboxylic acid groups (broad SMARTS) is 1. The molecule has 0 aliphatic rings. The molecule has 0 aliphatic carbocycles. The van der Waals surface area contributed by atoms with Crippen LogP contribution >= 0.6 is 11.6 Å². The zero-order chi connectivity index (χ0) is 26.4. The number of benzene rings is 2. The highest BCUT2D eigenvalue weighted by molar-refractivity contribution is 7.92. The van der Waals surface area contributed by atoms with Gasteiger partial charge in [0.2, 0.25) is 0 Å². The summed E-state index contributed by atoms with van der Waals surface area (Å²) in [6.07, 6.45) is 5.06. The second-order valence-corrected chi connectivity index (χ2v) is 12.1. The van der Waals surface area contributed by atoms with E-state index in [-0.39, 0.29) is 22.6 Å². The maximum absolute atomic E-state index is 13.3. The topological polar surface area (TPSA) is 83.5 Å². The van der Waals surface area contributed by atoms with Crippen LogP contribution in [0.15, 0.2) is 35.2 Å². The number of aryl methyl sites for hydroxylation is 1. The van der Waals surface area contributed by atoms with Crippen molar-refractivity contribution in [3.8, 4) is 0 Å². The van der Waals surface area contributed by atoms with E-state index in [0.29, 0.717) is 10.7 Å². The Morgan fingerprint density at radius 2 is 1.80 bits per heavy atom. The van der Waals surface area contributed by atoms with Crippen molar-refractivity contribution in [2.45, 2.75) is 96.8 Å². The van der Waals surface area contributed by atoms with Gasteiger partial charge in [-0.3, -0.25) is 9.52 Å². The van der Waals surface area contributed by atoms with Gasteiger partial charge < -0.3 is 5.11 Å². The van der Waals surface area contributed by atoms with E-state index in [2.05, 4.69) is 32.4 Å². The molecule has 2 rings (SSSR count). The molecular formula is C28H40ClNO4S. The zero-order valence-corrected chi connectivity index (χ0v) is 23.4. The lowest BCUT2D eigenvalue weighted by molar-refractivity contribution is -0.138. The molecule has 2 N–H and O–H groups in total.